The molecule has 0 spiro atoms. The maximum absolute atomic E-state index is 11.9. The van der Waals surface area contributed by atoms with Gasteiger partial charge < -0.3 is 9.47 Å². The zero-order valence-corrected chi connectivity index (χ0v) is 18.4. The number of carbonyl (C=O) groups is 2. The van der Waals surface area contributed by atoms with Gasteiger partial charge in [-0.1, -0.05) is 34.8 Å². The summed E-state index contributed by atoms with van der Waals surface area (Å²) in [5.74, 6) is -0.430. The summed E-state index contributed by atoms with van der Waals surface area (Å²) >= 11 is 19.5. The number of hydrazone groups is 1. The third-order valence-electron chi connectivity index (χ3n) is 3.25. The SMILES string of the molecule is CCOC(=O)COc1c(Cl)cc(/C=N\NC(=O)CSc2ccc(Cl)cc2)cc1Cl. The van der Waals surface area contributed by atoms with Crippen LogP contribution in [0.15, 0.2) is 46.4 Å². The van der Waals surface area contributed by atoms with Gasteiger partial charge in [0.15, 0.2) is 12.4 Å². The van der Waals surface area contributed by atoms with Crippen molar-refractivity contribution in [1.29, 1.82) is 0 Å². The fourth-order valence-corrected chi connectivity index (χ4v) is 3.45. The van der Waals surface area contributed by atoms with Crippen LogP contribution in [0.2, 0.25) is 15.1 Å². The molecule has 1 amide bonds. The zero-order chi connectivity index (χ0) is 21.2. The third kappa shape index (κ3) is 8.14. The lowest BCUT2D eigenvalue weighted by atomic mass is 10.2. The molecule has 0 fully saturated rings. The number of esters is 1. The van der Waals surface area contributed by atoms with E-state index in [0.29, 0.717) is 10.6 Å². The Morgan fingerprint density at radius 1 is 1.14 bits per heavy atom. The van der Waals surface area contributed by atoms with Crippen LogP contribution < -0.4 is 10.2 Å². The fraction of sp³-hybridized carbons (Fsp3) is 0.211. The predicted molar refractivity (Wildman–Crippen MR) is 117 cm³/mol. The second kappa shape index (κ2) is 11.9. The Morgan fingerprint density at radius 3 is 2.41 bits per heavy atom. The van der Waals surface area contributed by atoms with Crippen LogP contribution in [0.1, 0.15) is 12.5 Å². The van der Waals surface area contributed by atoms with E-state index >= 15 is 0 Å². The van der Waals surface area contributed by atoms with Gasteiger partial charge in [-0.15, -0.1) is 11.8 Å². The van der Waals surface area contributed by atoms with Gasteiger partial charge >= 0.3 is 5.97 Å². The highest BCUT2D eigenvalue weighted by Crippen LogP contribution is 2.33. The van der Waals surface area contributed by atoms with E-state index in [1.165, 1.54) is 18.0 Å². The van der Waals surface area contributed by atoms with E-state index < -0.39 is 5.97 Å². The van der Waals surface area contributed by atoms with Crippen molar-refractivity contribution in [2.75, 3.05) is 19.0 Å². The van der Waals surface area contributed by atoms with E-state index in [1.54, 1.807) is 31.2 Å². The predicted octanol–water partition coefficient (Wildman–Crippen LogP) is 4.83. The second-order valence-corrected chi connectivity index (χ2v) is 7.74. The molecule has 0 aliphatic heterocycles. The van der Waals surface area contributed by atoms with Crippen LogP contribution in [0.25, 0.3) is 0 Å². The molecule has 0 heterocycles. The Hall–Kier alpha value is -1.93. The number of thioether (sulfide) groups is 1. The standard InChI is InChI=1S/C19H17Cl3N2O4S/c1-2-27-18(26)10-28-19-15(21)7-12(8-16(19)22)9-23-24-17(25)11-29-14-5-3-13(20)4-6-14/h3-9H,2,10-11H2,1H3,(H,24,25)/b23-9-. The summed E-state index contributed by atoms with van der Waals surface area (Å²) < 4.78 is 10.1. The number of carbonyl (C=O) groups excluding carboxylic acids is 2. The number of amides is 1. The third-order valence-corrected chi connectivity index (χ3v) is 5.07. The maximum atomic E-state index is 11.9. The van der Waals surface area contributed by atoms with Crippen molar-refractivity contribution < 1.29 is 19.1 Å². The normalized spacial score (nSPS) is 10.8. The molecular formula is C19H17Cl3N2O4S. The molecule has 2 aromatic carbocycles. The lowest BCUT2D eigenvalue weighted by Crippen LogP contribution is -2.19. The first-order valence-corrected chi connectivity index (χ1v) is 10.5. The molecule has 6 nitrogen and oxygen atoms in total. The summed E-state index contributed by atoms with van der Waals surface area (Å²) in [6.45, 7) is 1.65. The van der Waals surface area contributed by atoms with Crippen molar-refractivity contribution >= 4 is 64.7 Å². The van der Waals surface area contributed by atoms with Crippen molar-refractivity contribution in [2.45, 2.75) is 11.8 Å². The van der Waals surface area contributed by atoms with Gasteiger partial charge in [0.05, 0.1) is 28.6 Å². The molecule has 0 radical (unpaired) electrons. The Kier molecular flexibility index (Phi) is 9.60. The summed E-state index contributed by atoms with van der Waals surface area (Å²) in [6.07, 6.45) is 1.40. The first kappa shape index (κ1) is 23.3. The van der Waals surface area contributed by atoms with Gasteiger partial charge in [-0.3, -0.25) is 4.79 Å². The minimum absolute atomic E-state index is 0.168. The highest BCUT2D eigenvalue weighted by molar-refractivity contribution is 8.00. The van der Waals surface area contributed by atoms with E-state index in [-0.39, 0.29) is 40.7 Å². The fourth-order valence-electron chi connectivity index (χ4n) is 2.02. The van der Waals surface area contributed by atoms with Crippen molar-refractivity contribution in [3.8, 4) is 5.75 Å². The molecule has 0 atom stereocenters. The van der Waals surface area contributed by atoms with Crippen molar-refractivity contribution in [3.05, 3.63) is 57.0 Å². The molecule has 29 heavy (non-hydrogen) atoms. The summed E-state index contributed by atoms with van der Waals surface area (Å²) in [5, 5.41) is 4.93. The number of benzene rings is 2. The summed E-state index contributed by atoms with van der Waals surface area (Å²) in [6, 6.07) is 10.3. The Morgan fingerprint density at radius 2 is 1.79 bits per heavy atom. The molecule has 0 saturated carbocycles. The molecule has 154 valence electrons. The van der Waals surface area contributed by atoms with E-state index in [0.717, 1.165) is 4.90 Å². The van der Waals surface area contributed by atoms with Gasteiger partial charge in [0.1, 0.15) is 0 Å². The first-order valence-electron chi connectivity index (χ1n) is 8.36. The lowest BCUT2D eigenvalue weighted by molar-refractivity contribution is -0.145. The highest BCUT2D eigenvalue weighted by Gasteiger charge is 2.12. The van der Waals surface area contributed by atoms with Gasteiger partial charge in [0.25, 0.3) is 0 Å². The number of hydrogen-bond acceptors (Lipinski definition) is 6. The van der Waals surface area contributed by atoms with Gasteiger partial charge in [0.2, 0.25) is 5.91 Å². The summed E-state index contributed by atoms with van der Waals surface area (Å²) in [4.78, 5) is 24.2. The number of rotatable bonds is 9. The number of ether oxygens (including phenoxy) is 2. The first-order chi connectivity index (χ1) is 13.9. The van der Waals surface area contributed by atoms with Crippen molar-refractivity contribution in [2.24, 2.45) is 5.10 Å². The Bertz CT molecular complexity index is 869. The topological polar surface area (TPSA) is 77.0 Å². The van der Waals surface area contributed by atoms with Gasteiger partial charge in [0, 0.05) is 9.92 Å². The molecule has 0 aliphatic carbocycles. The molecule has 0 bridgehead atoms. The van der Waals surface area contributed by atoms with E-state index in [4.69, 9.17) is 44.3 Å². The maximum Gasteiger partial charge on any atom is 0.344 e. The van der Waals surface area contributed by atoms with Gasteiger partial charge in [-0.25, -0.2) is 10.2 Å². The molecule has 0 aromatic heterocycles. The highest BCUT2D eigenvalue weighted by atomic mass is 35.5. The summed E-state index contributed by atoms with van der Waals surface area (Å²) in [7, 11) is 0. The smallest absolute Gasteiger partial charge is 0.344 e. The van der Waals surface area contributed by atoms with Crippen molar-refractivity contribution in [1.82, 2.24) is 5.43 Å². The molecule has 10 heteroatoms. The molecule has 0 aliphatic rings. The largest absolute Gasteiger partial charge is 0.479 e. The van der Waals surface area contributed by atoms with Crippen molar-refractivity contribution in [3.63, 3.8) is 0 Å². The number of nitrogens with one attached hydrogen (secondary N) is 1. The molecule has 0 saturated heterocycles. The van der Waals surface area contributed by atoms with Crippen LogP contribution in [-0.2, 0) is 14.3 Å². The number of nitrogens with zero attached hydrogens (tertiary/aromatic N) is 1. The average molecular weight is 476 g/mol. The Labute approximate surface area is 187 Å². The monoisotopic (exact) mass is 474 g/mol. The average Bonchev–Trinajstić information content (AvgIpc) is 2.67. The van der Waals surface area contributed by atoms with E-state index in [2.05, 4.69) is 10.5 Å². The quantitative estimate of drug-likeness (QED) is 0.243. The molecule has 2 aromatic rings. The van der Waals surface area contributed by atoms with Gasteiger partial charge in [-0.05, 0) is 48.9 Å². The van der Waals surface area contributed by atoms with E-state index in [1.807, 2.05) is 12.1 Å². The molecule has 0 unspecified atom stereocenters. The molecule has 2 rings (SSSR count). The zero-order valence-electron chi connectivity index (χ0n) is 15.3. The summed E-state index contributed by atoms with van der Waals surface area (Å²) in [5.41, 5.74) is 2.98. The van der Waals surface area contributed by atoms with Crippen LogP contribution >= 0.6 is 46.6 Å². The second-order valence-electron chi connectivity index (χ2n) is 5.44. The number of halogens is 3. The Balaban J connectivity index is 1.87. The molecule has 1 N–H and O–H groups in total. The minimum Gasteiger partial charge on any atom is -0.479 e. The van der Waals surface area contributed by atoms with E-state index in [9.17, 15) is 9.59 Å². The van der Waals surface area contributed by atoms with Crippen LogP contribution in [0.3, 0.4) is 0 Å². The lowest BCUT2D eigenvalue weighted by Gasteiger charge is -2.10. The van der Waals surface area contributed by atoms with Gasteiger partial charge in [-0.2, -0.15) is 5.10 Å². The van der Waals surface area contributed by atoms with Crippen LogP contribution in [0, 0.1) is 0 Å². The van der Waals surface area contributed by atoms with Crippen LogP contribution in [0.5, 0.6) is 5.75 Å². The van der Waals surface area contributed by atoms with Crippen LogP contribution in [-0.4, -0.2) is 37.1 Å². The molecular weight excluding hydrogens is 459 g/mol. The van der Waals surface area contributed by atoms with Crippen LogP contribution in [0.4, 0.5) is 0 Å². The minimum atomic E-state index is -0.524. The number of hydrogen-bond donors (Lipinski definition) is 1.